The van der Waals surface area contributed by atoms with Crippen LogP contribution in [0.5, 0.6) is 0 Å². The van der Waals surface area contributed by atoms with Gasteiger partial charge in [-0.3, -0.25) is 4.79 Å². The lowest BCUT2D eigenvalue weighted by Gasteiger charge is -1.97. The number of aromatic nitrogens is 1. The van der Waals surface area contributed by atoms with Gasteiger partial charge < -0.3 is 15.9 Å². The molecule has 1 rings (SSSR count). The van der Waals surface area contributed by atoms with Crippen molar-refractivity contribution in [2.24, 2.45) is 10.9 Å². The number of pyridine rings is 1. The predicted octanol–water partition coefficient (Wildman–Crippen LogP) is -0.336. The van der Waals surface area contributed by atoms with Gasteiger partial charge in [-0.25, -0.2) is 0 Å². The van der Waals surface area contributed by atoms with Crippen LogP contribution in [0.3, 0.4) is 0 Å². The molecule has 0 spiro atoms. The molecule has 0 radical (unpaired) electrons. The summed E-state index contributed by atoms with van der Waals surface area (Å²) >= 11 is 0. The molecule has 0 fully saturated rings. The van der Waals surface area contributed by atoms with Crippen LogP contribution in [0.4, 0.5) is 0 Å². The van der Waals surface area contributed by atoms with Gasteiger partial charge in [-0.2, -0.15) is 0 Å². The molecule has 0 atom stereocenters. The molecule has 5 heteroatoms. The van der Waals surface area contributed by atoms with E-state index in [1.165, 1.54) is 6.07 Å². The third-order valence-corrected chi connectivity index (χ3v) is 1.33. The van der Waals surface area contributed by atoms with Crippen LogP contribution in [0.25, 0.3) is 0 Å². The van der Waals surface area contributed by atoms with Gasteiger partial charge in [0.1, 0.15) is 5.84 Å². The van der Waals surface area contributed by atoms with Crippen LogP contribution in [0, 0.1) is 0 Å². The molecule has 5 nitrogen and oxygen atoms in total. The maximum absolute atomic E-state index is 10.8. The Hall–Kier alpha value is -1.78. The lowest BCUT2D eigenvalue weighted by Crippen LogP contribution is -2.17. The highest BCUT2D eigenvalue weighted by Gasteiger charge is 1.96. The van der Waals surface area contributed by atoms with E-state index in [2.05, 4.69) is 10.1 Å². The number of hydrogen-bond acceptors (Lipinski definition) is 3. The number of oxime groups is 1. The molecular weight excluding hydrogens is 158 g/mol. The van der Waals surface area contributed by atoms with Gasteiger partial charge in [0.05, 0.1) is 0 Å². The molecule has 64 valence electrons. The first-order valence-electron chi connectivity index (χ1n) is 3.37. The first-order chi connectivity index (χ1) is 5.72. The van der Waals surface area contributed by atoms with Gasteiger partial charge >= 0.3 is 0 Å². The van der Waals surface area contributed by atoms with Crippen LogP contribution < -0.4 is 11.3 Å². The number of nitrogens with one attached hydrogen (secondary N) is 1. The number of H-pyrrole nitrogens is 1. The Kier molecular flexibility index (Phi) is 2.47. The van der Waals surface area contributed by atoms with Crippen LogP contribution >= 0.6 is 0 Å². The molecule has 1 aromatic rings. The highest BCUT2D eigenvalue weighted by molar-refractivity contribution is 5.81. The molecule has 0 saturated carbocycles. The molecule has 0 aromatic carbocycles. The average Bonchev–Trinajstić information content (AvgIpc) is 2.04. The first kappa shape index (κ1) is 8.32. The van der Waals surface area contributed by atoms with E-state index < -0.39 is 0 Å². The summed E-state index contributed by atoms with van der Waals surface area (Å²) in [6.45, 7) is 0. The van der Waals surface area contributed by atoms with E-state index in [9.17, 15) is 4.79 Å². The van der Waals surface area contributed by atoms with E-state index in [4.69, 9.17) is 10.9 Å². The lowest BCUT2D eigenvalue weighted by molar-refractivity contribution is 0.317. The molecule has 0 saturated heterocycles. The minimum atomic E-state index is -0.196. The SMILES string of the molecule is N/C(Cc1cccc(=O)[nH]1)=N/O. The van der Waals surface area contributed by atoms with Gasteiger partial charge in [-0.1, -0.05) is 11.2 Å². The number of amidine groups is 1. The Labute approximate surface area is 68.5 Å². The molecular formula is C7H9N3O2. The molecule has 12 heavy (non-hydrogen) atoms. The minimum absolute atomic E-state index is 0.0665. The van der Waals surface area contributed by atoms with Crippen molar-refractivity contribution in [3.8, 4) is 0 Å². The fraction of sp³-hybridized carbons (Fsp3) is 0.143. The minimum Gasteiger partial charge on any atom is -0.409 e. The smallest absolute Gasteiger partial charge is 0.248 e. The van der Waals surface area contributed by atoms with Crippen LogP contribution in [-0.2, 0) is 6.42 Å². The second kappa shape index (κ2) is 3.56. The molecule has 0 unspecified atom stereocenters. The quantitative estimate of drug-likeness (QED) is 0.243. The van der Waals surface area contributed by atoms with Crippen LogP contribution in [0.1, 0.15) is 5.69 Å². The monoisotopic (exact) mass is 167 g/mol. The molecule has 0 aliphatic heterocycles. The summed E-state index contributed by atoms with van der Waals surface area (Å²) in [6.07, 6.45) is 0.243. The normalized spacial score (nSPS) is 11.5. The summed E-state index contributed by atoms with van der Waals surface area (Å²) < 4.78 is 0. The van der Waals surface area contributed by atoms with Gasteiger partial charge in [0.2, 0.25) is 5.56 Å². The zero-order chi connectivity index (χ0) is 8.97. The molecule has 1 aromatic heterocycles. The fourth-order valence-corrected chi connectivity index (χ4v) is 0.827. The van der Waals surface area contributed by atoms with Crippen molar-refractivity contribution in [2.75, 3.05) is 0 Å². The van der Waals surface area contributed by atoms with E-state index >= 15 is 0 Å². The Balaban J connectivity index is 2.83. The Morgan fingerprint density at radius 1 is 1.67 bits per heavy atom. The second-order valence-corrected chi connectivity index (χ2v) is 2.31. The van der Waals surface area contributed by atoms with Crippen LogP contribution in [0.15, 0.2) is 28.1 Å². The van der Waals surface area contributed by atoms with Crippen molar-refractivity contribution in [1.29, 1.82) is 0 Å². The van der Waals surface area contributed by atoms with Crippen molar-refractivity contribution < 1.29 is 5.21 Å². The number of nitrogens with two attached hydrogens (primary N) is 1. The first-order valence-corrected chi connectivity index (χ1v) is 3.37. The fourth-order valence-electron chi connectivity index (χ4n) is 0.827. The Bertz CT molecular complexity index is 343. The van der Waals surface area contributed by atoms with Gasteiger partial charge in [-0.15, -0.1) is 0 Å². The largest absolute Gasteiger partial charge is 0.409 e. The Morgan fingerprint density at radius 2 is 2.42 bits per heavy atom. The van der Waals surface area contributed by atoms with E-state index in [1.807, 2.05) is 0 Å². The molecule has 0 aliphatic rings. The van der Waals surface area contributed by atoms with Crippen molar-refractivity contribution in [3.05, 3.63) is 34.2 Å². The third-order valence-electron chi connectivity index (χ3n) is 1.33. The molecule has 0 aliphatic carbocycles. The molecule has 0 amide bonds. The number of hydrogen-bond donors (Lipinski definition) is 3. The van der Waals surface area contributed by atoms with Gasteiger partial charge in [0.15, 0.2) is 0 Å². The van der Waals surface area contributed by atoms with Crippen molar-refractivity contribution >= 4 is 5.84 Å². The predicted molar refractivity (Wildman–Crippen MR) is 44.2 cm³/mol. The average molecular weight is 167 g/mol. The number of rotatable bonds is 2. The molecule has 0 bridgehead atoms. The zero-order valence-electron chi connectivity index (χ0n) is 6.32. The van der Waals surface area contributed by atoms with Gasteiger partial charge in [-0.05, 0) is 6.07 Å². The summed E-state index contributed by atoms with van der Waals surface area (Å²) in [6, 6.07) is 4.70. The zero-order valence-corrected chi connectivity index (χ0v) is 6.32. The summed E-state index contributed by atoms with van der Waals surface area (Å²) in [7, 11) is 0. The second-order valence-electron chi connectivity index (χ2n) is 2.31. The van der Waals surface area contributed by atoms with E-state index in [0.717, 1.165) is 0 Å². The van der Waals surface area contributed by atoms with Gasteiger partial charge in [0.25, 0.3) is 0 Å². The van der Waals surface area contributed by atoms with Crippen molar-refractivity contribution in [1.82, 2.24) is 4.98 Å². The summed E-state index contributed by atoms with van der Waals surface area (Å²) in [5, 5.41) is 11.0. The maximum atomic E-state index is 10.8. The van der Waals surface area contributed by atoms with Crippen LogP contribution in [-0.4, -0.2) is 16.0 Å². The van der Waals surface area contributed by atoms with E-state index in [-0.39, 0.29) is 17.8 Å². The van der Waals surface area contributed by atoms with Gasteiger partial charge in [0, 0.05) is 18.2 Å². The molecule has 1 heterocycles. The highest BCUT2D eigenvalue weighted by atomic mass is 16.4. The summed E-state index contributed by atoms with van der Waals surface area (Å²) in [5.74, 6) is 0.0665. The summed E-state index contributed by atoms with van der Waals surface area (Å²) in [4.78, 5) is 13.3. The molecule has 4 N–H and O–H groups in total. The van der Waals surface area contributed by atoms with E-state index in [0.29, 0.717) is 5.69 Å². The van der Waals surface area contributed by atoms with Crippen LogP contribution in [0.2, 0.25) is 0 Å². The number of aromatic amines is 1. The Morgan fingerprint density at radius 3 is 3.00 bits per heavy atom. The van der Waals surface area contributed by atoms with E-state index in [1.54, 1.807) is 12.1 Å². The summed E-state index contributed by atoms with van der Waals surface area (Å²) in [5.41, 5.74) is 5.66. The highest BCUT2D eigenvalue weighted by Crippen LogP contribution is 1.90. The number of nitrogens with zero attached hydrogens (tertiary/aromatic N) is 1. The topological polar surface area (TPSA) is 91.5 Å². The maximum Gasteiger partial charge on any atom is 0.248 e. The standard InChI is InChI=1S/C7H9N3O2/c8-6(10-12)4-5-2-1-3-7(11)9-5/h1-3,12H,4H2,(H2,8,10)(H,9,11). The third kappa shape index (κ3) is 2.12. The van der Waals surface area contributed by atoms with Crippen molar-refractivity contribution in [2.45, 2.75) is 6.42 Å². The lowest BCUT2D eigenvalue weighted by atomic mass is 10.2. The van der Waals surface area contributed by atoms with Crippen molar-refractivity contribution in [3.63, 3.8) is 0 Å².